The van der Waals surface area contributed by atoms with Crippen LogP contribution in [0.25, 0.3) is 0 Å². The normalized spacial score (nSPS) is 9.83. The molecule has 0 rings (SSSR count). The Morgan fingerprint density at radius 2 is 0.556 bits per heavy atom. The molecule has 0 spiro atoms. The molecule has 0 atom stereocenters. The monoisotopic (exact) mass is 346 g/mol. The van der Waals surface area contributed by atoms with Gasteiger partial charge in [0.2, 0.25) is 0 Å². The third-order valence-electron chi connectivity index (χ3n) is 0. The van der Waals surface area contributed by atoms with Crippen LogP contribution in [0.2, 0.25) is 0 Å². The van der Waals surface area contributed by atoms with Gasteiger partial charge in [0.05, 0.1) is 23.5 Å². The molecule has 0 aromatic rings. The molecule has 17 heteroatoms. The van der Waals surface area contributed by atoms with E-state index in [1.165, 1.54) is 0 Å². The quantitative estimate of drug-likeness (QED) is 0.273. The van der Waals surface area contributed by atoms with Crippen molar-refractivity contribution < 1.29 is 117 Å². The number of phosphoric acid groups is 3. The third-order valence-corrected chi connectivity index (χ3v) is 0. The average molecular weight is 346 g/mol. The Hall–Kier alpha value is 2.33. The van der Waals surface area contributed by atoms with Crippen LogP contribution >= 0.6 is 23.5 Å². The Morgan fingerprint density at radius 3 is 0.556 bits per heavy atom. The van der Waals surface area contributed by atoms with Crippen molar-refractivity contribution in [3.63, 3.8) is 0 Å². The van der Waals surface area contributed by atoms with E-state index >= 15 is 0 Å². The molecule has 3 N–H and O–H groups in total. The van der Waals surface area contributed by atoms with Crippen LogP contribution in [0.3, 0.4) is 0 Å². The van der Waals surface area contributed by atoms with Crippen LogP contribution < -0.4 is 88.5 Å². The fraction of sp³-hybridized carbons (Fsp3) is 0. The zero-order valence-electron chi connectivity index (χ0n) is 8.86. The number of hydrogen-bond donors (Lipinski definition) is 3. The van der Waals surface area contributed by atoms with E-state index in [0.717, 1.165) is 0 Å². The van der Waals surface area contributed by atoms with E-state index in [9.17, 15) is 0 Å². The molecule has 0 amide bonds. The van der Waals surface area contributed by atoms with Gasteiger partial charge < -0.3 is 57.7 Å². The maximum absolute atomic E-state index is 8.66. The molecule has 0 aromatic heterocycles. The first-order valence-corrected chi connectivity index (χ1v) is 6.73. The third kappa shape index (κ3) is 1010. The standard InChI is InChI=1S/C.2Na.3H3O4P/c;;;3*1-5(2,3)4/h;;;3*(H3,1,2,3,4)/q+4;2*+1;;;/p-6. The van der Waals surface area contributed by atoms with Gasteiger partial charge in [-0.3, -0.25) is 0 Å². The smallest absolute Gasteiger partial charge is 0.790 e. The summed E-state index contributed by atoms with van der Waals surface area (Å²) in [6, 6.07) is 0. The minimum atomic E-state index is -5.14. The molecule has 0 fully saturated rings. The Bertz CT molecular complexity index is 211. The van der Waals surface area contributed by atoms with E-state index in [4.69, 9.17) is 57.7 Å². The van der Waals surface area contributed by atoms with Crippen molar-refractivity contribution in [2.45, 2.75) is 0 Å². The summed E-state index contributed by atoms with van der Waals surface area (Å²) in [5, 5.41) is 0. The molecule has 96 valence electrons. The van der Waals surface area contributed by atoms with Crippen molar-refractivity contribution in [1.29, 1.82) is 0 Å². The predicted molar refractivity (Wildman–Crippen MR) is 32.7 cm³/mol. The van der Waals surface area contributed by atoms with Gasteiger partial charge >= 0.3 is 66.5 Å². The minimum absolute atomic E-state index is 0. The molecule has 18 heavy (non-hydrogen) atoms. The Balaban J connectivity index is -0.0000000277. The fourth-order valence-electron chi connectivity index (χ4n) is 0. The second-order valence-corrected chi connectivity index (χ2v) is 4.22. The molecular weight excluding hydrogens is 343 g/mol. The molecular formula is CH3Na2O12P3. The van der Waals surface area contributed by atoms with E-state index < -0.39 is 23.5 Å². The van der Waals surface area contributed by atoms with Gasteiger partial charge in [0.25, 0.3) is 0 Å². The summed E-state index contributed by atoms with van der Waals surface area (Å²) in [5.41, 5.74) is 0. The Kier molecular flexibility index (Phi) is 32.3. The summed E-state index contributed by atoms with van der Waals surface area (Å²) < 4.78 is 26.0. The zero-order valence-corrected chi connectivity index (χ0v) is 15.5. The van der Waals surface area contributed by atoms with Gasteiger partial charge in [0, 0.05) is 0 Å². The van der Waals surface area contributed by atoms with Crippen LogP contribution in [0, 0.1) is 7.43 Å². The maximum Gasteiger partial charge on any atom is 4.00 e. The van der Waals surface area contributed by atoms with Crippen molar-refractivity contribution >= 4 is 23.5 Å². The SMILES string of the molecule is O=P([O-])([O-])O.O=P([O-])([O-])O.O=P([O-])([O-])O.[C+4].[Na+].[Na+]. The van der Waals surface area contributed by atoms with Crippen molar-refractivity contribution in [3.05, 3.63) is 7.43 Å². The molecule has 0 radical (unpaired) electrons. The van der Waals surface area contributed by atoms with Gasteiger partial charge in [-0.05, 0) is 0 Å². The summed E-state index contributed by atoms with van der Waals surface area (Å²) in [4.78, 5) is 72.9. The molecule has 0 unspecified atom stereocenters. The number of hydrogen-bond acceptors (Lipinski definition) is 9. The van der Waals surface area contributed by atoms with Crippen LogP contribution in [0.5, 0.6) is 0 Å². The van der Waals surface area contributed by atoms with Crippen LogP contribution in [0.4, 0.5) is 0 Å². The van der Waals surface area contributed by atoms with E-state index in [0.29, 0.717) is 0 Å². The van der Waals surface area contributed by atoms with E-state index in [2.05, 4.69) is 0 Å². The summed E-state index contributed by atoms with van der Waals surface area (Å²) >= 11 is 0. The van der Waals surface area contributed by atoms with Gasteiger partial charge in [-0.15, -0.1) is 0 Å². The van der Waals surface area contributed by atoms with Crippen LogP contribution in [0.15, 0.2) is 0 Å². The van der Waals surface area contributed by atoms with Crippen LogP contribution in [-0.4, -0.2) is 14.7 Å². The molecule has 0 heterocycles. The fourth-order valence-corrected chi connectivity index (χ4v) is 0. The number of rotatable bonds is 0. The van der Waals surface area contributed by atoms with Gasteiger partial charge in [-0.1, -0.05) is 0 Å². The first kappa shape index (κ1) is 37.0. The van der Waals surface area contributed by atoms with Gasteiger partial charge in [0.1, 0.15) is 0 Å². The molecule has 0 aromatic carbocycles. The Morgan fingerprint density at radius 1 is 0.556 bits per heavy atom. The van der Waals surface area contributed by atoms with E-state index in [-0.39, 0.29) is 66.5 Å². The first-order valence-electron chi connectivity index (χ1n) is 2.24. The molecule has 0 bridgehead atoms. The summed E-state index contributed by atoms with van der Waals surface area (Å²) in [6.07, 6.45) is 0. The van der Waals surface area contributed by atoms with Crippen molar-refractivity contribution in [3.8, 4) is 0 Å². The molecule has 0 aliphatic heterocycles. The molecule has 0 aliphatic rings. The molecule has 0 saturated carbocycles. The largest absolute Gasteiger partial charge is 4.00 e. The topological polar surface area (TPSA) is 250 Å². The van der Waals surface area contributed by atoms with Crippen molar-refractivity contribution in [2.24, 2.45) is 0 Å². The molecule has 0 saturated heterocycles. The van der Waals surface area contributed by atoms with Crippen molar-refractivity contribution in [2.75, 3.05) is 0 Å². The summed E-state index contributed by atoms with van der Waals surface area (Å²) in [7, 11) is -15.4. The summed E-state index contributed by atoms with van der Waals surface area (Å²) in [6.45, 7) is 0. The zero-order chi connectivity index (χ0) is 13.5. The minimum Gasteiger partial charge on any atom is -0.790 e. The summed E-state index contributed by atoms with van der Waals surface area (Å²) in [5.74, 6) is 0. The Labute approximate surface area is 146 Å². The molecule has 0 aliphatic carbocycles. The van der Waals surface area contributed by atoms with Gasteiger partial charge in [-0.2, -0.15) is 0 Å². The second kappa shape index (κ2) is 15.7. The van der Waals surface area contributed by atoms with Crippen LogP contribution in [-0.2, 0) is 13.7 Å². The van der Waals surface area contributed by atoms with E-state index in [1.807, 2.05) is 0 Å². The van der Waals surface area contributed by atoms with Gasteiger partial charge in [-0.25, -0.2) is 0 Å². The maximum atomic E-state index is 8.66. The average Bonchev–Trinajstić information content (AvgIpc) is 1.41. The van der Waals surface area contributed by atoms with Crippen LogP contribution in [0.1, 0.15) is 0 Å². The van der Waals surface area contributed by atoms with E-state index in [1.54, 1.807) is 0 Å². The predicted octanol–water partition coefficient (Wildman–Crippen LogP) is -12.5. The van der Waals surface area contributed by atoms with Crippen molar-refractivity contribution in [1.82, 2.24) is 0 Å². The van der Waals surface area contributed by atoms with Gasteiger partial charge in [0.15, 0.2) is 0 Å². The second-order valence-electron chi connectivity index (χ2n) is 1.41. The molecule has 12 nitrogen and oxygen atoms in total. The first-order chi connectivity index (χ1) is 6.00.